The summed E-state index contributed by atoms with van der Waals surface area (Å²) in [5.74, 6) is 0.538. The predicted octanol–water partition coefficient (Wildman–Crippen LogP) is 5.15. The smallest absolute Gasteiger partial charge is 0.387 e. The maximum Gasteiger partial charge on any atom is 0.387 e. The first-order chi connectivity index (χ1) is 15.0. The second-order valence-corrected chi connectivity index (χ2v) is 7.46. The molecule has 0 spiro atoms. The van der Waals surface area contributed by atoms with E-state index in [4.69, 9.17) is 5.26 Å². The number of rotatable bonds is 6. The Labute approximate surface area is 180 Å². The van der Waals surface area contributed by atoms with Gasteiger partial charge in [0.15, 0.2) is 5.16 Å². The zero-order chi connectivity index (χ0) is 21.8. The summed E-state index contributed by atoms with van der Waals surface area (Å²) >= 11 is 1.37. The molecule has 1 aromatic heterocycles. The summed E-state index contributed by atoms with van der Waals surface area (Å²) in [6.45, 7) is -2.92. The Hall–Kier alpha value is -3.70. The van der Waals surface area contributed by atoms with E-state index >= 15 is 0 Å². The fourth-order valence-electron chi connectivity index (χ4n) is 3.04. The van der Waals surface area contributed by atoms with Gasteiger partial charge in [0.2, 0.25) is 0 Å². The van der Waals surface area contributed by atoms with E-state index in [0.717, 1.165) is 5.56 Å². The Morgan fingerprint density at radius 3 is 2.42 bits per heavy atom. The quantitative estimate of drug-likeness (QED) is 0.309. The maximum absolute atomic E-state index is 13.2. The van der Waals surface area contributed by atoms with Gasteiger partial charge in [-0.2, -0.15) is 14.0 Å². The van der Waals surface area contributed by atoms with Crippen molar-refractivity contribution in [3.8, 4) is 17.5 Å². The molecule has 0 amide bonds. The van der Waals surface area contributed by atoms with E-state index in [1.165, 1.54) is 28.5 Å². The number of aromatic nitrogens is 2. The second-order valence-electron chi connectivity index (χ2n) is 6.52. The van der Waals surface area contributed by atoms with Crippen molar-refractivity contribution in [3.63, 3.8) is 0 Å². The van der Waals surface area contributed by atoms with Gasteiger partial charge < -0.3 is 4.74 Å². The van der Waals surface area contributed by atoms with Gasteiger partial charge in [-0.3, -0.25) is 9.36 Å². The molecule has 8 heteroatoms. The average Bonchev–Trinajstić information content (AvgIpc) is 2.78. The van der Waals surface area contributed by atoms with Gasteiger partial charge in [0.1, 0.15) is 5.75 Å². The van der Waals surface area contributed by atoms with Gasteiger partial charge in [-0.15, -0.1) is 0 Å². The Balaban J connectivity index is 1.74. The Bertz CT molecular complexity index is 1310. The van der Waals surface area contributed by atoms with Crippen molar-refractivity contribution in [2.45, 2.75) is 17.5 Å². The van der Waals surface area contributed by atoms with Gasteiger partial charge in [0.05, 0.1) is 28.2 Å². The molecule has 0 saturated heterocycles. The summed E-state index contributed by atoms with van der Waals surface area (Å²) in [5, 5.41) is 9.87. The van der Waals surface area contributed by atoms with Gasteiger partial charge in [-0.05, 0) is 54.1 Å². The third kappa shape index (κ3) is 4.57. The molecule has 0 saturated carbocycles. The lowest BCUT2D eigenvalue weighted by molar-refractivity contribution is -0.0498. The monoisotopic (exact) mass is 435 g/mol. The van der Waals surface area contributed by atoms with Crippen molar-refractivity contribution < 1.29 is 13.5 Å². The van der Waals surface area contributed by atoms with Crippen LogP contribution < -0.4 is 10.3 Å². The fraction of sp³-hybridized carbons (Fsp3) is 0.0870. The minimum Gasteiger partial charge on any atom is -0.435 e. The van der Waals surface area contributed by atoms with Crippen LogP contribution in [0.5, 0.6) is 5.75 Å². The number of thioether (sulfide) groups is 1. The Kier molecular flexibility index (Phi) is 5.96. The number of nitriles is 1. The standard InChI is InChI=1S/C23H15F2N3O2S/c24-22(25)30-18-11-9-17(10-12-18)28-21(29)19-3-1-2-4-20(19)27-23(28)31-14-16-7-5-15(13-26)6-8-16/h1-12,22H,14H2. The molecule has 0 aliphatic rings. The van der Waals surface area contributed by atoms with Crippen LogP contribution in [0, 0.1) is 11.3 Å². The summed E-state index contributed by atoms with van der Waals surface area (Å²) in [6, 6.07) is 22.2. The summed E-state index contributed by atoms with van der Waals surface area (Å²) in [5.41, 5.74) is 2.35. The maximum atomic E-state index is 13.2. The van der Waals surface area contributed by atoms with Crippen LogP contribution in [0.4, 0.5) is 8.78 Å². The predicted molar refractivity (Wildman–Crippen MR) is 115 cm³/mol. The molecule has 0 aliphatic carbocycles. The number of benzene rings is 3. The molecular weight excluding hydrogens is 420 g/mol. The van der Waals surface area contributed by atoms with Crippen molar-refractivity contribution in [2.24, 2.45) is 0 Å². The fourth-order valence-corrected chi connectivity index (χ4v) is 4.01. The van der Waals surface area contributed by atoms with Gasteiger partial charge in [-0.25, -0.2) is 4.98 Å². The number of hydrogen-bond acceptors (Lipinski definition) is 5. The molecule has 0 aliphatic heterocycles. The van der Waals surface area contributed by atoms with Crippen LogP contribution in [-0.2, 0) is 5.75 Å². The first-order valence-corrected chi connectivity index (χ1v) is 10.2. The number of fused-ring (bicyclic) bond motifs is 1. The molecule has 0 unspecified atom stereocenters. The number of ether oxygens (including phenoxy) is 1. The molecular formula is C23H15F2N3O2S. The molecule has 0 bridgehead atoms. The molecule has 4 rings (SSSR count). The highest BCUT2D eigenvalue weighted by molar-refractivity contribution is 7.98. The third-order valence-electron chi connectivity index (χ3n) is 4.52. The highest BCUT2D eigenvalue weighted by Crippen LogP contribution is 2.26. The molecule has 1 heterocycles. The summed E-state index contributed by atoms with van der Waals surface area (Å²) in [7, 11) is 0. The van der Waals surface area contributed by atoms with Crippen molar-refractivity contribution in [1.82, 2.24) is 9.55 Å². The van der Waals surface area contributed by atoms with E-state index in [0.29, 0.717) is 33.1 Å². The third-order valence-corrected chi connectivity index (χ3v) is 5.53. The molecule has 31 heavy (non-hydrogen) atoms. The number of halogens is 2. The number of alkyl halides is 2. The zero-order valence-corrected chi connectivity index (χ0v) is 16.9. The zero-order valence-electron chi connectivity index (χ0n) is 16.0. The van der Waals surface area contributed by atoms with E-state index in [9.17, 15) is 13.6 Å². The molecule has 5 nitrogen and oxygen atoms in total. The van der Waals surface area contributed by atoms with Crippen LogP contribution in [0.2, 0.25) is 0 Å². The largest absolute Gasteiger partial charge is 0.435 e. The first kappa shape index (κ1) is 20.6. The highest BCUT2D eigenvalue weighted by Gasteiger charge is 2.14. The van der Waals surface area contributed by atoms with Crippen molar-refractivity contribution in [3.05, 3.63) is 94.3 Å². The van der Waals surface area contributed by atoms with Crippen molar-refractivity contribution in [1.29, 1.82) is 5.26 Å². The number of para-hydroxylation sites is 1. The molecule has 4 aromatic rings. The van der Waals surface area contributed by atoms with Crippen LogP contribution in [0.1, 0.15) is 11.1 Å². The number of nitrogens with zero attached hydrogens (tertiary/aromatic N) is 3. The normalized spacial score (nSPS) is 10.9. The lowest BCUT2D eigenvalue weighted by Crippen LogP contribution is -2.21. The van der Waals surface area contributed by atoms with Crippen LogP contribution in [0.3, 0.4) is 0 Å². The SMILES string of the molecule is N#Cc1ccc(CSc2nc3ccccc3c(=O)n2-c2ccc(OC(F)F)cc2)cc1. The van der Waals surface area contributed by atoms with E-state index < -0.39 is 6.61 Å². The average molecular weight is 435 g/mol. The molecule has 0 radical (unpaired) electrons. The summed E-state index contributed by atoms with van der Waals surface area (Å²) < 4.78 is 30.8. The second kappa shape index (κ2) is 8.98. The summed E-state index contributed by atoms with van der Waals surface area (Å²) in [4.78, 5) is 17.9. The van der Waals surface area contributed by atoms with Crippen LogP contribution in [-0.4, -0.2) is 16.2 Å². The van der Waals surface area contributed by atoms with E-state index in [-0.39, 0.29) is 11.3 Å². The minimum atomic E-state index is -2.92. The van der Waals surface area contributed by atoms with E-state index in [2.05, 4.69) is 15.8 Å². The summed E-state index contributed by atoms with van der Waals surface area (Å²) in [6.07, 6.45) is 0. The van der Waals surface area contributed by atoms with Crippen LogP contribution in [0.15, 0.2) is 82.7 Å². The van der Waals surface area contributed by atoms with Crippen molar-refractivity contribution in [2.75, 3.05) is 0 Å². The molecule has 0 fully saturated rings. The van der Waals surface area contributed by atoms with Crippen LogP contribution in [0.25, 0.3) is 16.6 Å². The van der Waals surface area contributed by atoms with Crippen LogP contribution >= 0.6 is 11.8 Å². The molecule has 0 atom stereocenters. The van der Waals surface area contributed by atoms with Gasteiger partial charge >= 0.3 is 6.61 Å². The first-order valence-electron chi connectivity index (χ1n) is 9.24. The van der Waals surface area contributed by atoms with E-state index in [1.807, 2.05) is 18.2 Å². The minimum absolute atomic E-state index is 0.00679. The van der Waals surface area contributed by atoms with Gasteiger partial charge in [-0.1, -0.05) is 36.0 Å². The van der Waals surface area contributed by atoms with Crippen molar-refractivity contribution >= 4 is 22.7 Å². The molecule has 154 valence electrons. The number of hydrogen-bond donors (Lipinski definition) is 0. The lowest BCUT2D eigenvalue weighted by Gasteiger charge is -2.14. The van der Waals surface area contributed by atoms with Gasteiger partial charge in [0, 0.05) is 5.75 Å². The highest BCUT2D eigenvalue weighted by atomic mass is 32.2. The van der Waals surface area contributed by atoms with Gasteiger partial charge in [0.25, 0.3) is 5.56 Å². The van der Waals surface area contributed by atoms with E-state index in [1.54, 1.807) is 42.5 Å². The molecule has 3 aromatic carbocycles. The Morgan fingerprint density at radius 2 is 1.74 bits per heavy atom. The topological polar surface area (TPSA) is 67.9 Å². The Morgan fingerprint density at radius 1 is 1.03 bits per heavy atom. The lowest BCUT2D eigenvalue weighted by atomic mass is 10.2. The molecule has 0 N–H and O–H groups in total.